The highest BCUT2D eigenvalue weighted by atomic mass is 16.3. The summed E-state index contributed by atoms with van der Waals surface area (Å²) in [5.41, 5.74) is 10.9. The van der Waals surface area contributed by atoms with Crippen molar-refractivity contribution in [2.75, 3.05) is 13.1 Å². The van der Waals surface area contributed by atoms with Crippen LogP contribution in [-0.4, -0.2) is 171 Å². The highest BCUT2D eigenvalue weighted by Gasteiger charge is 2.38. The molecule has 82 heavy (non-hydrogen) atoms. The van der Waals surface area contributed by atoms with Crippen LogP contribution in [0.4, 0.5) is 0 Å². The molecule has 12 atom stereocenters. The van der Waals surface area contributed by atoms with Crippen LogP contribution in [0.3, 0.4) is 0 Å². The van der Waals surface area contributed by atoms with Gasteiger partial charge in [0.1, 0.15) is 47.7 Å². The van der Waals surface area contributed by atoms with Gasteiger partial charge in [-0.2, -0.15) is 0 Å². The monoisotopic (exact) mass is 1170 g/mol. The first kappa shape index (κ1) is 73.2. The third kappa shape index (κ3) is 30.3. The normalized spacial score (nSPS) is 24.7. The maximum atomic E-state index is 14.0. The lowest BCUT2D eigenvalue weighted by Gasteiger charge is -2.27. The van der Waals surface area contributed by atoms with E-state index in [4.69, 9.17) is 11.5 Å². The largest absolute Gasteiger partial charge is 0.393 e. The molecule has 1 heterocycles. The van der Waals surface area contributed by atoms with Crippen LogP contribution in [0.5, 0.6) is 0 Å². The van der Waals surface area contributed by atoms with Gasteiger partial charge in [-0.15, -0.1) is 0 Å². The molecule has 28 nitrogen and oxygen atoms in total. The zero-order chi connectivity index (χ0) is 62.1. The number of nitrogens with two attached hydrogens (primary N) is 2. The van der Waals surface area contributed by atoms with E-state index in [1.165, 1.54) is 6.92 Å². The van der Waals surface area contributed by atoms with Gasteiger partial charge in [0.2, 0.25) is 59.6 Å². The summed E-state index contributed by atoms with van der Waals surface area (Å²) in [6.07, 6.45) is -3.04. The maximum Gasteiger partial charge on any atom is 0.243 e. The number of Topliss-reactive ketones (excluding diaryl/α,β-unsaturated/α-hetero) is 4. The fourth-order valence-electron chi connectivity index (χ4n) is 8.93. The Labute approximate surface area is 478 Å². The van der Waals surface area contributed by atoms with Crippen LogP contribution < -0.4 is 54.0 Å². The number of aliphatic hydroxyl groups excluding tert-OH is 4. The van der Waals surface area contributed by atoms with Crippen LogP contribution in [0.25, 0.3) is 0 Å². The molecule has 1 aliphatic rings. The molecule has 0 aromatic rings. The molecule has 28 heteroatoms. The average Bonchev–Trinajstić information content (AvgIpc) is 3.38. The number of rotatable bonds is 26. The lowest BCUT2D eigenvalue weighted by molar-refractivity contribution is -0.139. The SMILES string of the molecule is CCCCCCC(=O)CCCCCCCC1CC(=O)CCNC(=O)CNC(=O)C(CCC(C)O)NC(=O)C(C(C)O)CC(=O)C(C(C)O)CC(=O)C(CC(O)NC=O)NC(=O)C(C)NC(=O)C(CC(N)=O)NC(=O)C(CC(N)=O)NC1=O. The van der Waals surface area contributed by atoms with Gasteiger partial charge in [-0.3, -0.25) is 67.1 Å². The molecule has 0 spiro atoms. The number of nitrogens with one attached hydrogen (secondary N) is 8. The van der Waals surface area contributed by atoms with Crippen LogP contribution in [0.15, 0.2) is 0 Å². The summed E-state index contributed by atoms with van der Waals surface area (Å²) in [6, 6.07) is -8.55. The molecule has 0 aromatic heterocycles. The number of aliphatic hydroxyl groups is 4. The first-order valence-corrected chi connectivity index (χ1v) is 28.2. The Bertz CT molecular complexity index is 2180. The van der Waals surface area contributed by atoms with Crippen LogP contribution in [0, 0.1) is 17.8 Å². The van der Waals surface area contributed by atoms with Crippen molar-refractivity contribution >= 4 is 82.7 Å². The van der Waals surface area contributed by atoms with Crippen molar-refractivity contribution in [3.05, 3.63) is 0 Å². The van der Waals surface area contributed by atoms with Crippen molar-refractivity contribution in [3.8, 4) is 0 Å². The maximum absolute atomic E-state index is 14.0. The minimum absolute atomic E-state index is 0.0492. The van der Waals surface area contributed by atoms with Crippen LogP contribution in [0.1, 0.15) is 169 Å². The summed E-state index contributed by atoms with van der Waals surface area (Å²) in [6.45, 7) is 5.94. The van der Waals surface area contributed by atoms with E-state index in [1.807, 2.05) is 5.32 Å². The third-order valence-electron chi connectivity index (χ3n) is 13.8. The van der Waals surface area contributed by atoms with Crippen LogP contribution >= 0.6 is 0 Å². The molecular formula is C54H90N10O18. The Morgan fingerprint density at radius 1 is 0.598 bits per heavy atom. The fourth-order valence-corrected chi connectivity index (χ4v) is 8.93. The Balaban J connectivity index is 3.74. The van der Waals surface area contributed by atoms with Gasteiger partial charge in [-0.25, -0.2) is 0 Å². The molecule has 0 radical (unpaired) electrons. The van der Waals surface area contributed by atoms with Crippen molar-refractivity contribution in [2.24, 2.45) is 29.2 Å². The minimum atomic E-state index is -1.88. The summed E-state index contributed by atoms with van der Waals surface area (Å²) in [4.78, 5) is 185. The Morgan fingerprint density at radius 3 is 1.68 bits per heavy atom. The first-order valence-electron chi connectivity index (χ1n) is 28.2. The number of carbonyl (C=O) groups is 14. The molecule has 0 bridgehead atoms. The smallest absolute Gasteiger partial charge is 0.243 e. The summed E-state index contributed by atoms with van der Waals surface area (Å²) in [5.74, 6) is -16.2. The highest BCUT2D eigenvalue weighted by Crippen LogP contribution is 2.22. The molecule has 0 aromatic carbocycles. The van der Waals surface area contributed by atoms with E-state index in [1.54, 1.807) is 0 Å². The van der Waals surface area contributed by atoms with Crippen molar-refractivity contribution in [1.29, 1.82) is 0 Å². The number of ketones is 4. The second kappa shape index (κ2) is 39.6. The second-order valence-corrected chi connectivity index (χ2v) is 21.2. The van der Waals surface area contributed by atoms with Crippen molar-refractivity contribution in [2.45, 2.75) is 224 Å². The zero-order valence-corrected chi connectivity index (χ0v) is 47.9. The van der Waals surface area contributed by atoms with Crippen molar-refractivity contribution in [3.63, 3.8) is 0 Å². The van der Waals surface area contributed by atoms with E-state index in [-0.39, 0.29) is 44.4 Å². The predicted molar refractivity (Wildman–Crippen MR) is 293 cm³/mol. The van der Waals surface area contributed by atoms with Gasteiger partial charge in [0.25, 0.3) is 0 Å². The number of carbonyl (C=O) groups excluding carboxylic acids is 14. The molecule has 0 aliphatic carbocycles. The van der Waals surface area contributed by atoms with Gasteiger partial charge >= 0.3 is 0 Å². The summed E-state index contributed by atoms with van der Waals surface area (Å²) < 4.78 is 0. The third-order valence-corrected chi connectivity index (χ3v) is 13.8. The summed E-state index contributed by atoms with van der Waals surface area (Å²) >= 11 is 0. The fraction of sp³-hybridized carbons (Fsp3) is 0.741. The standard InChI is InChI=1S/C54H90N10O18/c1-6-7-8-13-16-35(69)17-14-11-9-10-12-15-34-22-36(70)20-21-57-48(76)28-58-52(80)39(19-18-30(2)66)61-51(79)38(33(5)68)24-43(71)37(32(4)67)23-44(72)40(27-47(75)59-29-65)62-49(77)31(3)60-53(81)41(25-45(55)73)64-54(82)42(26-46(56)74)63-50(34)78/h29-34,37-42,47,66-68,75H,6-28H2,1-5H3,(H2,55,73)(H2,56,74)(H,57,76)(H,58,80)(H,59,65)(H,60,81)(H,61,79)(H,62,77)(H,63,78)(H,64,82). The zero-order valence-electron chi connectivity index (χ0n) is 47.9. The van der Waals surface area contributed by atoms with Crippen LogP contribution in [0.2, 0.25) is 0 Å². The molecule has 1 aliphatic heterocycles. The molecule has 16 N–H and O–H groups in total. The van der Waals surface area contributed by atoms with Gasteiger partial charge in [0, 0.05) is 57.4 Å². The number of hydrogen-bond acceptors (Lipinski definition) is 18. The summed E-state index contributed by atoms with van der Waals surface area (Å²) in [5, 5.41) is 60.4. The number of primary amides is 2. The van der Waals surface area contributed by atoms with Gasteiger partial charge in [-0.1, -0.05) is 51.9 Å². The predicted octanol–water partition coefficient (Wildman–Crippen LogP) is -2.81. The van der Waals surface area contributed by atoms with E-state index in [0.717, 1.165) is 52.9 Å². The van der Waals surface area contributed by atoms with Gasteiger partial charge in [-0.05, 0) is 59.8 Å². The van der Waals surface area contributed by atoms with Gasteiger partial charge < -0.3 is 74.4 Å². The quantitative estimate of drug-likeness (QED) is 0.0236. The first-order chi connectivity index (χ1) is 38.6. The molecule has 1 fully saturated rings. The van der Waals surface area contributed by atoms with Gasteiger partial charge in [0.15, 0.2) is 5.78 Å². The van der Waals surface area contributed by atoms with E-state index in [0.29, 0.717) is 38.5 Å². The lowest BCUT2D eigenvalue weighted by atomic mass is 9.84. The van der Waals surface area contributed by atoms with Crippen LogP contribution in [-0.2, 0) is 67.1 Å². The average molecular weight is 1170 g/mol. The molecular weight excluding hydrogens is 1080 g/mol. The van der Waals surface area contributed by atoms with E-state index >= 15 is 0 Å². The number of amides is 10. The number of hydrogen-bond donors (Lipinski definition) is 14. The Kier molecular flexibility index (Phi) is 35.4. The van der Waals surface area contributed by atoms with E-state index < -0.39 is 188 Å². The number of unbranched alkanes of at least 4 members (excludes halogenated alkanes) is 7. The van der Waals surface area contributed by atoms with E-state index in [2.05, 4.69) is 44.1 Å². The van der Waals surface area contributed by atoms with Crippen molar-refractivity contribution < 1.29 is 87.5 Å². The lowest BCUT2D eigenvalue weighted by Crippen LogP contribution is -2.58. The molecule has 12 unspecified atom stereocenters. The Hall–Kier alpha value is -6.78. The molecule has 0 saturated carbocycles. The molecule has 464 valence electrons. The van der Waals surface area contributed by atoms with Gasteiger partial charge in [0.05, 0.1) is 55.6 Å². The van der Waals surface area contributed by atoms with E-state index in [9.17, 15) is 87.5 Å². The van der Waals surface area contributed by atoms with Crippen molar-refractivity contribution in [1.82, 2.24) is 42.5 Å². The minimum Gasteiger partial charge on any atom is -0.393 e. The molecule has 10 amide bonds. The highest BCUT2D eigenvalue weighted by molar-refractivity contribution is 6.00. The molecule has 1 rings (SSSR count). The Morgan fingerprint density at radius 2 is 1.12 bits per heavy atom. The molecule has 1 saturated heterocycles. The topological polar surface area (TPSA) is 468 Å². The second-order valence-electron chi connectivity index (χ2n) is 21.2. The summed E-state index contributed by atoms with van der Waals surface area (Å²) in [7, 11) is 0.